The van der Waals surface area contributed by atoms with Crippen LogP contribution in [-0.2, 0) is 23.0 Å². The molecule has 9 heteroatoms. The number of nitrogens with one attached hydrogen (secondary N) is 1. The number of H-pyrrole nitrogens is 1. The molecule has 3 aromatic rings. The molecule has 0 aliphatic carbocycles. The molecule has 0 amide bonds. The van der Waals surface area contributed by atoms with E-state index in [-0.39, 0.29) is 18.6 Å². The third-order valence-corrected chi connectivity index (χ3v) is 7.37. The maximum absolute atomic E-state index is 12.9. The maximum atomic E-state index is 12.9. The van der Waals surface area contributed by atoms with Crippen LogP contribution < -0.4 is 10.6 Å². The van der Waals surface area contributed by atoms with Gasteiger partial charge in [0, 0.05) is 24.8 Å². The Hall–Kier alpha value is -3.19. The zero-order valence-corrected chi connectivity index (χ0v) is 19.4. The first-order valence-electron chi connectivity index (χ1n) is 10.9. The highest BCUT2D eigenvalue weighted by molar-refractivity contribution is 7.88. The van der Waals surface area contributed by atoms with Crippen molar-refractivity contribution < 1.29 is 8.42 Å². The summed E-state index contributed by atoms with van der Waals surface area (Å²) in [5.41, 5.74) is 10.2. The van der Waals surface area contributed by atoms with Crippen LogP contribution in [-0.4, -0.2) is 48.1 Å². The van der Waals surface area contributed by atoms with Crippen molar-refractivity contribution in [1.82, 2.24) is 14.3 Å². The molecule has 33 heavy (non-hydrogen) atoms. The lowest BCUT2D eigenvalue weighted by Crippen LogP contribution is -2.46. The fourth-order valence-electron chi connectivity index (χ4n) is 4.60. The van der Waals surface area contributed by atoms with E-state index in [0.717, 1.165) is 22.5 Å². The van der Waals surface area contributed by atoms with Crippen molar-refractivity contribution in [2.24, 2.45) is 5.73 Å². The van der Waals surface area contributed by atoms with Gasteiger partial charge in [-0.05, 0) is 48.7 Å². The number of anilines is 1. The van der Waals surface area contributed by atoms with Crippen molar-refractivity contribution in [3.8, 4) is 6.07 Å². The molecule has 1 aliphatic rings. The van der Waals surface area contributed by atoms with Gasteiger partial charge >= 0.3 is 0 Å². The second kappa shape index (κ2) is 9.75. The summed E-state index contributed by atoms with van der Waals surface area (Å²) in [5, 5.41) is 9.47. The van der Waals surface area contributed by atoms with Gasteiger partial charge in [-0.2, -0.15) is 9.57 Å². The largest absolute Gasteiger partial charge is 0.361 e. The fourth-order valence-corrected chi connectivity index (χ4v) is 5.65. The van der Waals surface area contributed by atoms with Crippen molar-refractivity contribution in [3.05, 3.63) is 83.4 Å². The number of hydrogen-bond donors (Lipinski definition) is 2. The Kier molecular flexibility index (Phi) is 6.79. The van der Waals surface area contributed by atoms with Gasteiger partial charge < -0.3 is 15.6 Å². The average Bonchev–Trinajstić information content (AvgIpc) is 3.28. The Morgan fingerprint density at radius 2 is 2.06 bits per heavy atom. The van der Waals surface area contributed by atoms with Gasteiger partial charge in [0.2, 0.25) is 10.0 Å². The standard InChI is InChI=1S/C24H28N6O2S/c1-33(31,32)30-15-20-11-19(13-26)7-8-23(20)29(24(9-10-25)22-14-27-17-28-22)16-21(30)12-18-5-3-2-4-6-18/h2-8,11,14,17,21,24H,9-10,12,15-16,25H2,1H3,(H,27,28)/t21-,24?/m1/s1. The Labute approximate surface area is 194 Å². The number of imidazole rings is 1. The number of fused-ring (bicyclic) bond motifs is 1. The second-order valence-corrected chi connectivity index (χ2v) is 10.3. The predicted molar refractivity (Wildman–Crippen MR) is 128 cm³/mol. The summed E-state index contributed by atoms with van der Waals surface area (Å²) in [6, 6.07) is 17.2. The average molecular weight is 465 g/mol. The quantitative estimate of drug-likeness (QED) is 0.555. The van der Waals surface area contributed by atoms with Crippen LogP contribution in [0.2, 0.25) is 0 Å². The molecule has 172 valence electrons. The zero-order chi connectivity index (χ0) is 23.4. The minimum absolute atomic E-state index is 0.109. The monoisotopic (exact) mass is 464 g/mol. The Morgan fingerprint density at radius 3 is 2.70 bits per heavy atom. The molecule has 0 saturated carbocycles. The molecule has 0 saturated heterocycles. The molecule has 4 rings (SSSR count). The molecule has 2 heterocycles. The lowest BCUT2D eigenvalue weighted by atomic mass is 10.0. The summed E-state index contributed by atoms with van der Waals surface area (Å²) >= 11 is 0. The number of aromatic nitrogens is 2. The topological polar surface area (TPSA) is 119 Å². The Morgan fingerprint density at radius 1 is 1.27 bits per heavy atom. The first kappa shape index (κ1) is 23.0. The first-order valence-corrected chi connectivity index (χ1v) is 12.7. The highest BCUT2D eigenvalue weighted by Gasteiger charge is 2.36. The van der Waals surface area contributed by atoms with Crippen LogP contribution in [0.1, 0.15) is 34.8 Å². The van der Waals surface area contributed by atoms with E-state index in [1.807, 2.05) is 36.4 Å². The van der Waals surface area contributed by atoms with Gasteiger partial charge in [0.05, 0.1) is 42.1 Å². The summed E-state index contributed by atoms with van der Waals surface area (Å²) < 4.78 is 27.4. The SMILES string of the molecule is CS(=O)(=O)N1Cc2cc(C#N)ccc2N(C(CCN)c2cnc[nH]2)C[C@H]1Cc1ccccc1. The summed E-state index contributed by atoms with van der Waals surface area (Å²) in [5.74, 6) is 0. The summed E-state index contributed by atoms with van der Waals surface area (Å²) in [6.45, 7) is 1.14. The van der Waals surface area contributed by atoms with Gasteiger partial charge in [0.15, 0.2) is 0 Å². The molecule has 0 spiro atoms. The van der Waals surface area contributed by atoms with E-state index in [0.29, 0.717) is 31.5 Å². The van der Waals surface area contributed by atoms with E-state index in [1.165, 1.54) is 6.26 Å². The Bertz CT molecular complexity index is 1220. The number of benzene rings is 2. The number of hydrogen-bond acceptors (Lipinski definition) is 6. The predicted octanol–water partition coefficient (Wildman–Crippen LogP) is 2.56. The lowest BCUT2D eigenvalue weighted by Gasteiger charge is -2.36. The van der Waals surface area contributed by atoms with Gasteiger partial charge in [0.25, 0.3) is 0 Å². The number of nitriles is 1. The van der Waals surface area contributed by atoms with Crippen molar-refractivity contribution in [3.63, 3.8) is 0 Å². The highest BCUT2D eigenvalue weighted by Crippen LogP contribution is 2.36. The molecule has 8 nitrogen and oxygen atoms in total. The van der Waals surface area contributed by atoms with Gasteiger partial charge in [-0.15, -0.1) is 0 Å². The molecule has 0 bridgehead atoms. The maximum Gasteiger partial charge on any atom is 0.211 e. The van der Waals surface area contributed by atoms with E-state index in [1.54, 1.807) is 29.0 Å². The summed E-state index contributed by atoms with van der Waals surface area (Å²) in [4.78, 5) is 9.62. The molecular formula is C24H28N6O2S. The highest BCUT2D eigenvalue weighted by atomic mass is 32.2. The molecule has 2 atom stereocenters. The smallest absolute Gasteiger partial charge is 0.211 e. The van der Waals surface area contributed by atoms with Gasteiger partial charge in [-0.3, -0.25) is 0 Å². The third-order valence-electron chi connectivity index (χ3n) is 6.09. The minimum Gasteiger partial charge on any atom is -0.361 e. The number of sulfonamides is 1. The van der Waals surface area contributed by atoms with Crippen LogP contribution in [0.5, 0.6) is 0 Å². The van der Waals surface area contributed by atoms with Crippen molar-refractivity contribution in [1.29, 1.82) is 5.26 Å². The van der Waals surface area contributed by atoms with E-state index >= 15 is 0 Å². The van der Waals surface area contributed by atoms with Crippen LogP contribution >= 0.6 is 0 Å². The fraction of sp³-hybridized carbons (Fsp3) is 0.333. The van der Waals surface area contributed by atoms with Crippen LogP contribution in [0.15, 0.2) is 61.1 Å². The van der Waals surface area contributed by atoms with Crippen LogP contribution in [0, 0.1) is 11.3 Å². The molecular weight excluding hydrogens is 436 g/mol. The minimum atomic E-state index is -3.52. The first-order chi connectivity index (χ1) is 15.9. The van der Waals surface area contributed by atoms with Gasteiger partial charge in [-0.25, -0.2) is 13.4 Å². The normalized spacial score (nSPS) is 17.7. The molecule has 1 aromatic heterocycles. The molecule has 1 aliphatic heterocycles. The zero-order valence-electron chi connectivity index (χ0n) is 18.6. The van der Waals surface area contributed by atoms with Crippen molar-refractivity contribution in [2.45, 2.75) is 31.5 Å². The molecule has 1 unspecified atom stereocenters. The summed E-state index contributed by atoms with van der Waals surface area (Å²) in [7, 11) is -3.52. The van der Waals surface area contributed by atoms with Gasteiger partial charge in [0.1, 0.15) is 0 Å². The van der Waals surface area contributed by atoms with E-state index in [4.69, 9.17) is 5.73 Å². The van der Waals surface area contributed by atoms with Crippen molar-refractivity contribution in [2.75, 3.05) is 24.2 Å². The van der Waals surface area contributed by atoms with Gasteiger partial charge in [-0.1, -0.05) is 30.3 Å². The van der Waals surface area contributed by atoms with Crippen molar-refractivity contribution >= 4 is 15.7 Å². The molecule has 0 fully saturated rings. The molecule has 0 radical (unpaired) electrons. The van der Waals surface area contributed by atoms with Crippen LogP contribution in [0.3, 0.4) is 0 Å². The van der Waals surface area contributed by atoms with E-state index < -0.39 is 10.0 Å². The lowest BCUT2D eigenvalue weighted by molar-refractivity contribution is 0.315. The Balaban J connectivity index is 1.85. The number of rotatable bonds is 7. The second-order valence-electron chi connectivity index (χ2n) is 8.36. The molecule has 3 N–H and O–H groups in total. The summed E-state index contributed by atoms with van der Waals surface area (Å²) in [6.07, 6.45) is 5.91. The number of nitrogens with zero attached hydrogens (tertiary/aromatic N) is 4. The number of nitrogens with two attached hydrogens (primary N) is 1. The third kappa shape index (κ3) is 5.09. The molecule has 2 aromatic carbocycles. The van der Waals surface area contributed by atoms with E-state index in [2.05, 4.69) is 20.9 Å². The van der Waals surface area contributed by atoms with E-state index in [9.17, 15) is 13.7 Å². The van der Waals surface area contributed by atoms with Crippen LogP contribution in [0.4, 0.5) is 5.69 Å². The number of aromatic amines is 1. The van der Waals surface area contributed by atoms with Crippen LogP contribution in [0.25, 0.3) is 0 Å².